The van der Waals surface area contributed by atoms with E-state index in [2.05, 4.69) is 4.98 Å². The predicted octanol–water partition coefficient (Wildman–Crippen LogP) is 2.47. The van der Waals surface area contributed by atoms with Gasteiger partial charge in [0.15, 0.2) is 23.2 Å². The second-order valence-corrected chi connectivity index (χ2v) is 10.5. The molecule has 1 aromatic heterocycles. The van der Waals surface area contributed by atoms with E-state index >= 15 is 0 Å². The highest BCUT2D eigenvalue weighted by atomic mass is 32.2. The molecule has 2 aromatic carbocycles. The van der Waals surface area contributed by atoms with E-state index in [0.29, 0.717) is 41.0 Å². The van der Waals surface area contributed by atoms with Crippen molar-refractivity contribution in [3.8, 4) is 11.5 Å². The molecule has 0 saturated heterocycles. The lowest BCUT2D eigenvalue weighted by Crippen LogP contribution is -2.42. The summed E-state index contributed by atoms with van der Waals surface area (Å²) in [5.41, 5.74) is 0.875. The van der Waals surface area contributed by atoms with Crippen molar-refractivity contribution in [1.29, 1.82) is 0 Å². The highest BCUT2D eigenvalue weighted by Crippen LogP contribution is 2.31. The van der Waals surface area contributed by atoms with Crippen LogP contribution in [0.3, 0.4) is 0 Å². The van der Waals surface area contributed by atoms with Crippen LogP contribution < -0.4 is 9.47 Å². The molecule has 32 heavy (non-hydrogen) atoms. The number of carbonyl (C=O) groups excluding carboxylic acids is 1. The van der Waals surface area contributed by atoms with Crippen LogP contribution in [-0.4, -0.2) is 74.7 Å². The molecule has 0 radical (unpaired) electrons. The number of rotatable bonds is 7. The summed E-state index contributed by atoms with van der Waals surface area (Å²) in [6.45, 7) is 0.748. The Morgan fingerprint density at radius 2 is 1.91 bits per heavy atom. The summed E-state index contributed by atoms with van der Waals surface area (Å²) in [4.78, 5) is 18.6. The fraction of sp³-hybridized carbons (Fsp3) is 0.333. The zero-order valence-electron chi connectivity index (χ0n) is 17.8. The first-order chi connectivity index (χ1) is 15.2. The first-order valence-corrected chi connectivity index (χ1v) is 12.2. The maximum Gasteiger partial charge on any atom is 0.257 e. The molecular weight excluding hydrogens is 454 g/mol. The monoisotopic (exact) mass is 477 g/mol. The molecule has 170 valence electrons. The van der Waals surface area contributed by atoms with Crippen molar-refractivity contribution in [2.24, 2.45) is 0 Å². The van der Waals surface area contributed by atoms with Crippen LogP contribution in [0.25, 0.3) is 11.1 Å². The molecule has 0 N–H and O–H groups in total. The van der Waals surface area contributed by atoms with Gasteiger partial charge in [-0.3, -0.25) is 4.79 Å². The summed E-state index contributed by atoms with van der Waals surface area (Å²) in [6.07, 6.45) is -0.259. The van der Waals surface area contributed by atoms with E-state index in [1.165, 1.54) is 26.2 Å². The summed E-state index contributed by atoms with van der Waals surface area (Å²) in [6, 6.07) is 11.9. The second-order valence-electron chi connectivity index (χ2n) is 7.46. The number of oxazole rings is 1. The summed E-state index contributed by atoms with van der Waals surface area (Å²) < 4.78 is 43.0. The number of aromatic nitrogens is 1. The van der Waals surface area contributed by atoms with Gasteiger partial charge in [0.05, 0.1) is 17.2 Å². The Kier molecular flexibility index (Phi) is 6.31. The number of nitrogens with zero attached hydrogens (tertiary/aromatic N) is 3. The number of likely N-dealkylation sites (N-methyl/N-ethyl adjacent to an activating group) is 1. The maximum atomic E-state index is 12.6. The van der Waals surface area contributed by atoms with Crippen LogP contribution in [0.2, 0.25) is 0 Å². The van der Waals surface area contributed by atoms with Gasteiger partial charge in [-0.15, -0.1) is 0 Å². The van der Waals surface area contributed by atoms with Gasteiger partial charge in [0.1, 0.15) is 12.1 Å². The third kappa shape index (κ3) is 4.69. The minimum atomic E-state index is -3.57. The Labute approximate surface area is 190 Å². The molecule has 0 aliphatic carbocycles. The van der Waals surface area contributed by atoms with Crippen LogP contribution in [0.4, 0.5) is 0 Å². The predicted molar refractivity (Wildman–Crippen MR) is 120 cm³/mol. The van der Waals surface area contributed by atoms with E-state index in [1.807, 2.05) is 24.3 Å². The molecule has 3 aromatic rings. The van der Waals surface area contributed by atoms with Gasteiger partial charge in [0.25, 0.3) is 5.22 Å². The van der Waals surface area contributed by atoms with Crippen molar-refractivity contribution >= 4 is 38.8 Å². The number of carbonyl (C=O) groups is 1. The van der Waals surface area contributed by atoms with E-state index in [1.54, 1.807) is 18.0 Å². The van der Waals surface area contributed by atoms with Crippen LogP contribution in [-0.2, 0) is 14.8 Å². The summed E-state index contributed by atoms with van der Waals surface area (Å²) in [7, 11) is 1.07. The molecule has 0 spiro atoms. The van der Waals surface area contributed by atoms with Crippen molar-refractivity contribution in [2.75, 3.05) is 40.0 Å². The minimum absolute atomic E-state index is 0.115. The number of thioether (sulfide) groups is 1. The molecule has 9 nitrogen and oxygen atoms in total. The smallest absolute Gasteiger partial charge is 0.257 e. The molecule has 1 aliphatic rings. The van der Waals surface area contributed by atoms with Crippen molar-refractivity contribution in [1.82, 2.24) is 14.2 Å². The van der Waals surface area contributed by atoms with Crippen molar-refractivity contribution in [2.45, 2.75) is 16.2 Å². The van der Waals surface area contributed by atoms with E-state index in [9.17, 15) is 13.2 Å². The summed E-state index contributed by atoms with van der Waals surface area (Å²) >= 11 is 1.15. The lowest BCUT2D eigenvalue weighted by Gasteiger charge is -2.29. The van der Waals surface area contributed by atoms with Crippen molar-refractivity contribution < 1.29 is 27.1 Å². The molecule has 0 fully saturated rings. The number of sulfonamides is 1. The summed E-state index contributed by atoms with van der Waals surface area (Å²) in [5.74, 6) is 1.37. The molecule has 0 bridgehead atoms. The average molecular weight is 478 g/mol. The number of amides is 1. The van der Waals surface area contributed by atoms with Crippen molar-refractivity contribution in [3.63, 3.8) is 0 Å². The van der Waals surface area contributed by atoms with E-state index in [4.69, 9.17) is 13.9 Å². The van der Waals surface area contributed by atoms with Crippen LogP contribution in [0, 0.1) is 0 Å². The molecule has 1 atom stereocenters. The molecule has 4 rings (SSSR count). The molecule has 1 unspecified atom stereocenters. The third-order valence-electron chi connectivity index (χ3n) is 4.91. The topological polar surface area (TPSA) is 102 Å². The molecule has 11 heteroatoms. The largest absolute Gasteiger partial charge is 0.486 e. The second kappa shape index (κ2) is 9.00. The van der Waals surface area contributed by atoms with Gasteiger partial charge in [-0.05, 0) is 30.3 Å². The van der Waals surface area contributed by atoms with Gasteiger partial charge < -0.3 is 18.8 Å². The first kappa shape index (κ1) is 22.4. The van der Waals surface area contributed by atoms with Gasteiger partial charge in [-0.25, -0.2) is 17.7 Å². The standard InChI is InChI=1S/C21H23N3O6S2/c1-23(2)32(26,27)15-8-9-17-16(10-15)22-21(30-17)31-13-20(25)24(3)11-14-12-28-18-6-4-5-7-19(18)29-14/h4-10,14H,11-13H2,1-3H3. The number of hydrogen-bond acceptors (Lipinski definition) is 8. The molecule has 2 heterocycles. The van der Waals surface area contributed by atoms with Crippen LogP contribution in [0.1, 0.15) is 0 Å². The molecular formula is C21H23N3O6S2. The Hall–Kier alpha value is -2.76. The lowest BCUT2D eigenvalue weighted by atomic mass is 10.2. The number of hydrogen-bond donors (Lipinski definition) is 0. The number of benzene rings is 2. The van der Waals surface area contributed by atoms with Crippen LogP contribution in [0.5, 0.6) is 11.5 Å². The van der Waals surface area contributed by atoms with Crippen LogP contribution in [0.15, 0.2) is 57.0 Å². The van der Waals surface area contributed by atoms with Gasteiger partial charge in [-0.1, -0.05) is 23.9 Å². The Morgan fingerprint density at radius 1 is 1.16 bits per heavy atom. The molecule has 0 saturated carbocycles. The molecule has 1 aliphatic heterocycles. The zero-order chi connectivity index (χ0) is 22.9. The highest BCUT2D eigenvalue weighted by Gasteiger charge is 2.24. The minimum Gasteiger partial charge on any atom is -0.486 e. The first-order valence-electron chi connectivity index (χ1n) is 9.82. The van der Waals surface area contributed by atoms with Crippen molar-refractivity contribution in [3.05, 3.63) is 42.5 Å². The molecule has 1 amide bonds. The van der Waals surface area contributed by atoms with Gasteiger partial charge >= 0.3 is 0 Å². The van der Waals surface area contributed by atoms with Crippen LogP contribution >= 0.6 is 11.8 Å². The lowest BCUT2D eigenvalue weighted by molar-refractivity contribution is -0.128. The Bertz CT molecular complexity index is 1240. The van der Waals surface area contributed by atoms with Gasteiger partial charge in [-0.2, -0.15) is 0 Å². The third-order valence-corrected chi connectivity index (χ3v) is 7.53. The SMILES string of the molecule is CN(CC1COc2ccccc2O1)C(=O)CSc1nc2cc(S(=O)(=O)N(C)C)ccc2o1. The highest BCUT2D eigenvalue weighted by molar-refractivity contribution is 7.99. The maximum absolute atomic E-state index is 12.6. The average Bonchev–Trinajstić information content (AvgIpc) is 3.19. The Morgan fingerprint density at radius 3 is 2.66 bits per heavy atom. The Balaban J connectivity index is 1.35. The number of fused-ring (bicyclic) bond motifs is 2. The normalized spacial score (nSPS) is 15.8. The van der Waals surface area contributed by atoms with E-state index < -0.39 is 10.0 Å². The number of ether oxygens (including phenoxy) is 2. The van der Waals surface area contributed by atoms with E-state index in [-0.39, 0.29) is 22.7 Å². The number of para-hydroxylation sites is 2. The van der Waals surface area contributed by atoms with E-state index in [0.717, 1.165) is 16.1 Å². The van der Waals surface area contributed by atoms with Gasteiger partial charge in [0.2, 0.25) is 15.9 Å². The summed E-state index contributed by atoms with van der Waals surface area (Å²) in [5, 5.41) is 0.298. The zero-order valence-corrected chi connectivity index (χ0v) is 19.5. The fourth-order valence-corrected chi connectivity index (χ4v) is 4.81. The quantitative estimate of drug-likeness (QED) is 0.478. The fourth-order valence-electron chi connectivity index (χ4n) is 3.11. The van der Waals surface area contributed by atoms with Gasteiger partial charge in [0, 0.05) is 21.1 Å².